The zero-order chi connectivity index (χ0) is 10.7. The minimum Gasteiger partial charge on any atom is -0.369 e. The van der Waals surface area contributed by atoms with E-state index >= 15 is 0 Å². The second-order valence-corrected chi connectivity index (χ2v) is 3.88. The Balaban J connectivity index is 2.23. The minimum atomic E-state index is -0.290. The van der Waals surface area contributed by atoms with Crippen molar-refractivity contribution in [2.45, 2.75) is 19.3 Å². The Morgan fingerprint density at radius 1 is 1.20 bits per heavy atom. The Hall–Kier alpha value is -1.38. The molecule has 1 aliphatic rings. The van der Waals surface area contributed by atoms with Crippen LogP contribution in [0.15, 0.2) is 18.2 Å². The molecule has 0 bridgehead atoms. The molecule has 0 amide bonds. The van der Waals surface area contributed by atoms with Gasteiger partial charge in [0.2, 0.25) is 0 Å². The van der Waals surface area contributed by atoms with Gasteiger partial charge in [0.1, 0.15) is 12.1 Å². The molecule has 2 rings (SSSR count). The molecule has 1 aromatic carbocycles. The van der Waals surface area contributed by atoms with Crippen LogP contribution in [0.5, 0.6) is 0 Å². The molecule has 0 aromatic heterocycles. The van der Waals surface area contributed by atoms with Crippen molar-refractivity contribution in [3.05, 3.63) is 29.6 Å². The molecule has 0 aliphatic carbocycles. The predicted octanol–water partition coefficient (Wildman–Crippen LogP) is 2.63. The molecule has 0 radical (unpaired) electrons. The van der Waals surface area contributed by atoms with Crippen LogP contribution in [0.4, 0.5) is 10.1 Å². The number of piperidine rings is 1. The molecule has 3 heteroatoms. The number of nitrogens with zero attached hydrogens (tertiary/aromatic N) is 1. The molecule has 0 saturated carbocycles. The summed E-state index contributed by atoms with van der Waals surface area (Å²) in [6, 6.07) is 4.67. The van der Waals surface area contributed by atoms with Crippen LogP contribution in [-0.4, -0.2) is 19.4 Å². The highest BCUT2D eigenvalue weighted by atomic mass is 19.1. The van der Waals surface area contributed by atoms with E-state index in [-0.39, 0.29) is 5.82 Å². The van der Waals surface area contributed by atoms with Crippen molar-refractivity contribution in [3.63, 3.8) is 0 Å². The lowest BCUT2D eigenvalue weighted by Crippen LogP contribution is -2.30. The van der Waals surface area contributed by atoms with E-state index in [1.54, 1.807) is 12.1 Å². The van der Waals surface area contributed by atoms with E-state index in [4.69, 9.17) is 0 Å². The number of carbonyl (C=O) groups is 1. The Kier molecular flexibility index (Phi) is 2.99. The largest absolute Gasteiger partial charge is 0.369 e. The SMILES string of the molecule is O=Cc1ccc(N2CCCCC2)c(F)c1. The lowest BCUT2D eigenvalue weighted by atomic mass is 10.1. The third-order valence-electron chi connectivity index (χ3n) is 2.80. The van der Waals surface area contributed by atoms with Gasteiger partial charge in [0.25, 0.3) is 0 Å². The van der Waals surface area contributed by atoms with Gasteiger partial charge in [0, 0.05) is 18.7 Å². The molecular weight excluding hydrogens is 193 g/mol. The summed E-state index contributed by atoms with van der Waals surface area (Å²) in [6.45, 7) is 1.83. The van der Waals surface area contributed by atoms with E-state index in [1.807, 2.05) is 4.90 Å². The molecular formula is C12H14FNO. The molecule has 1 aliphatic heterocycles. The zero-order valence-electron chi connectivity index (χ0n) is 8.58. The Bertz CT molecular complexity index is 359. The second kappa shape index (κ2) is 4.43. The zero-order valence-corrected chi connectivity index (χ0v) is 8.58. The standard InChI is InChI=1S/C12H14FNO/c13-11-8-10(9-15)4-5-12(11)14-6-2-1-3-7-14/h4-5,8-9H,1-3,6-7H2. The van der Waals surface area contributed by atoms with E-state index in [0.717, 1.165) is 25.9 Å². The Morgan fingerprint density at radius 3 is 2.53 bits per heavy atom. The maximum atomic E-state index is 13.6. The van der Waals surface area contributed by atoms with Crippen LogP contribution in [0.2, 0.25) is 0 Å². The smallest absolute Gasteiger partial charge is 0.150 e. The van der Waals surface area contributed by atoms with E-state index in [9.17, 15) is 9.18 Å². The summed E-state index contributed by atoms with van der Waals surface area (Å²) in [5, 5.41) is 0. The van der Waals surface area contributed by atoms with Crippen molar-refractivity contribution in [1.29, 1.82) is 0 Å². The van der Waals surface area contributed by atoms with Gasteiger partial charge in [0.15, 0.2) is 0 Å². The summed E-state index contributed by atoms with van der Waals surface area (Å²) < 4.78 is 13.6. The molecule has 1 fully saturated rings. The van der Waals surface area contributed by atoms with Gasteiger partial charge in [0.05, 0.1) is 5.69 Å². The van der Waals surface area contributed by atoms with Crippen molar-refractivity contribution in [2.75, 3.05) is 18.0 Å². The first kappa shape index (κ1) is 10.1. The summed E-state index contributed by atoms with van der Waals surface area (Å²) in [6.07, 6.45) is 4.14. The van der Waals surface area contributed by atoms with Crippen LogP contribution >= 0.6 is 0 Å². The Labute approximate surface area is 88.7 Å². The lowest BCUT2D eigenvalue weighted by molar-refractivity contribution is 0.112. The predicted molar refractivity (Wildman–Crippen MR) is 57.9 cm³/mol. The normalized spacial score (nSPS) is 16.5. The van der Waals surface area contributed by atoms with Crippen LogP contribution in [0.25, 0.3) is 0 Å². The molecule has 1 heterocycles. The molecule has 15 heavy (non-hydrogen) atoms. The number of halogens is 1. The summed E-state index contributed by atoms with van der Waals surface area (Å²) in [7, 11) is 0. The molecule has 0 unspecified atom stereocenters. The number of hydrogen-bond acceptors (Lipinski definition) is 2. The highest BCUT2D eigenvalue weighted by Crippen LogP contribution is 2.23. The van der Waals surface area contributed by atoms with Gasteiger partial charge in [-0.15, -0.1) is 0 Å². The van der Waals surface area contributed by atoms with Crippen LogP contribution in [0, 0.1) is 5.82 Å². The van der Waals surface area contributed by atoms with Crippen molar-refractivity contribution in [3.8, 4) is 0 Å². The molecule has 80 valence electrons. The molecule has 1 saturated heterocycles. The van der Waals surface area contributed by atoms with Crippen LogP contribution in [0.1, 0.15) is 29.6 Å². The Morgan fingerprint density at radius 2 is 1.93 bits per heavy atom. The van der Waals surface area contributed by atoms with Gasteiger partial charge < -0.3 is 4.90 Å². The van der Waals surface area contributed by atoms with Gasteiger partial charge in [-0.05, 0) is 37.5 Å². The first-order chi connectivity index (χ1) is 7.31. The number of benzene rings is 1. The van der Waals surface area contributed by atoms with Crippen molar-refractivity contribution >= 4 is 12.0 Å². The molecule has 1 aromatic rings. The highest BCUT2D eigenvalue weighted by Gasteiger charge is 2.14. The number of hydrogen-bond donors (Lipinski definition) is 0. The maximum Gasteiger partial charge on any atom is 0.150 e. The fourth-order valence-corrected chi connectivity index (χ4v) is 1.99. The quantitative estimate of drug-likeness (QED) is 0.695. The molecule has 0 atom stereocenters. The second-order valence-electron chi connectivity index (χ2n) is 3.88. The minimum absolute atomic E-state index is 0.290. The highest BCUT2D eigenvalue weighted by molar-refractivity contribution is 5.76. The third-order valence-corrected chi connectivity index (χ3v) is 2.80. The molecule has 0 N–H and O–H groups in total. The van der Waals surface area contributed by atoms with Gasteiger partial charge >= 0.3 is 0 Å². The summed E-state index contributed by atoms with van der Waals surface area (Å²) >= 11 is 0. The number of aldehydes is 1. The maximum absolute atomic E-state index is 13.6. The molecule has 0 spiro atoms. The number of carbonyl (C=O) groups excluding carboxylic acids is 1. The van der Waals surface area contributed by atoms with Crippen molar-refractivity contribution in [2.24, 2.45) is 0 Å². The van der Waals surface area contributed by atoms with Gasteiger partial charge in [-0.2, -0.15) is 0 Å². The van der Waals surface area contributed by atoms with Crippen LogP contribution in [-0.2, 0) is 0 Å². The fourth-order valence-electron chi connectivity index (χ4n) is 1.99. The summed E-state index contributed by atoms with van der Waals surface area (Å²) in [5.74, 6) is -0.290. The first-order valence-electron chi connectivity index (χ1n) is 5.31. The van der Waals surface area contributed by atoms with E-state index in [1.165, 1.54) is 12.5 Å². The number of anilines is 1. The average molecular weight is 207 g/mol. The van der Waals surface area contributed by atoms with E-state index in [0.29, 0.717) is 17.5 Å². The van der Waals surface area contributed by atoms with E-state index < -0.39 is 0 Å². The molecule has 2 nitrogen and oxygen atoms in total. The average Bonchev–Trinajstić information content (AvgIpc) is 2.30. The number of rotatable bonds is 2. The van der Waals surface area contributed by atoms with Crippen LogP contribution in [0.3, 0.4) is 0 Å². The monoisotopic (exact) mass is 207 g/mol. The van der Waals surface area contributed by atoms with Crippen molar-refractivity contribution in [1.82, 2.24) is 0 Å². The van der Waals surface area contributed by atoms with Gasteiger partial charge in [-0.1, -0.05) is 0 Å². The first-order valence-corrected chi connectivity index (χ1v) is 5.31. The fraction of sp³-hybridized carbons (Fsp3) is 0.417. The summed E-state index contributed by atoms with van der Waals surface area (Å²) in [4.78, 5) is 12.5. The van der Waals surface area contributed by atoms with Crippen molar-refractivity contribution < 1.29 is 9.18 Å². The lowest BCUT2D eigenvalue weighted by Gasteiger charge is -2.29. The van der Waals surface area contributed by atoms with E-state index in [2.05, 4.69) is 0 Å². The van der Waals surface area contributed by atoms with Gasteiger partial charge in [-0.25, -0.2) is 4.39 Å². The summed E-state index contributed by atoms with van der Waals surface area (Å²) in [5.41, 5.74) is 1.02. The third kappa shape index (κ3) is 2.17. The topological polar surface area (TPSA) is 20.3 Å². The van der Waals surface area contributed by atoms with Crippen LogP contribution < -0.4 is 4.90 Å². The van der Waals surface area contributed by atoms with Gasteiger partial charge in [-0.3, -0.25) is 4.79 Å².